The van der Waals surface area contributed by atoms with Crippen molar-refractivity contribution in [3.05, 3.63) is 329 Å². The Morgan fingerprint density at radius 1 is 0.323 bits per heavy atom. The molecule has 0 aliphatic carbocycles. The quantitative estimate of drug-likeness (QED) is 0.0164. The molecule has 0 radical (unpaired) electrons. The standard InChI is InChI=1S/C43H30F6O9S2.C15H10F6O2.C12H8F2O2S.C8H4F2.C6H6O5S.2K/c1-4-28-23-27(2)24-36(25-28)57-35-17-22-39(40(26-35)60(52,53)54)58-34-15-20-38(21-16-34)59(50,51)37-18-13-33(14-19-37)56-32-11-7-30(8-12-32)41(42(44,45)46,43(47,48)49)29-5-9-31(55-3)10-6-29;16-14(17,18)13(15(19,20)21,9-1-5-11(22)6-2-9)10-3-7-12(23)8-4-10;13-9-1-5-11(6-2-9)17(15,16)12-7-3-10(14)4-8-12;1-2-6-3-7(9)5-8(10)4-6;7-4-1-2-5(8)6(3-4)12(9,10)11;;/h1,5-26H,2-3H3,(H,52,53,54);1-8,22-23H;1-8H;1,3-5H;1-3,7-8H,(H,9,10,11);;/q;;;;;2*+1/p-2. The molecule has 12 aromatic rings. The van der Waals surface area contributed by atoms with Crippen LogP contribution in [0.2, 0.25) is 0 Å². The van der Waals surface area contributed by atoms with E-state index in [1.807, 2.05) is 0 Å². The normalized spacial score (nSPS) is 11.8. The summed E-state index contributed by atoms with van der Waals surface area (Å²) in [6.45, 7) is 1.78. The summed E-state index contributed by atoms with van der Waals surface area (Å²) in [6.07, 6.45) is -12.6. The van der Waals surface area contributed by atoms with Crippen molar-refractivity contribution >= 4 is 39.9 Å². The van der Waals surface area contributed by atoms with E-state index in [-0.39, 0.29) is 168 Å². The molecule has 0 saturated heterocycles. The number of benzene rings is 12. The Balaban J connectivity index is 0.000000298. The molecule has 0 fully saturated rings. The average molecular weight is 1860 g/mol. The number of phenolic OH excluding ortho intramolecular Hbond substituents is 4. The van der Waals surface area contributed by atoms with E-state index >= 15 is 0 Å². The van der Waals surface area contributed by atoms with Crippen LogP contribution in [0.25, 0.3) is 0 Å². The number of sulfone groups is 2. The van der Waals surface area contributed by atoms with E-state index in [1.165, 1.54) is 92.0 Å². The third-order valence-corrected chi connectivity index (χ3v) is 22.3. The number of halogens is 16. The van der Waals surface area contributed by atoms with Gasteiger partial charge in [-0.1, -0.05) is 60.4 Å². The first-order chi connectivity index (χ1) is 56.8. The molecule has 12 aromatic carbocycles. The predicted molar refractivity (Wildman–Crippen MR) is 404 cm³/mol. The third-order valence-electron chi connectivity index (χ3n) is 17.0. The van der Waals surface area contributed by atoms with Gasteiger partial charge in [-0.15, -0.1) is 12.8 Å². The van der Waals surface area contributed by atoms with Crippen LogP contribution in [-0.2, 0) is 50.7 Å². The van der Waals surface area contributed by atoms with E-state index in [9.17, 15) is 113 Å². The van der Waals surface area contributed by atoms with Crippen LogP contribution in [0.5, 0.6) is 63.2 Å². The van der Waals surface area contributed by atoms with Crippen LogP contribution in [0.1, 0.15) is 38.9 Å². The summed E-state index contributed by atoms with van der Waals surface area (Å²) in [5.74, 6) is 0.167. The molecule has 40 heteroatoms. The van der Waals surface area contributed by atoms with Crippen LogP contribution >= 0.6 is 0 Å². The third kappa shape index (κ3) is 25.2. The average Bonchev–Trinajstić information content (AvgIpc) is 0.720. The van der Waals surface area contributed by atoms with Gasteiger partial charge in [0.1, 0.15) is 112 Å². The SMILES string of the molecule is C#Cc1cc(C)cc(Oc2ccc(Oc3ccc(S(=O)(=O)c4ccc(Oc5ccc(C(c6ccc(OC)cc6)(C(F)(F)F)C(F)(F)F)cc5)cc4)cc3)c(S(=O)(=O)[O-])c2)c1.C#Cc1cc(F)cc(F)c1.O=S(=O)([O-])c1cc(O)ccc1O.O=S(=O)(c1ccc(F)cc1)c1ccc(F)cc1.Oc1ccc(C(c2ccc(O)cc2)(C(F)(F)F)C(F)(F)F)cc1.[K+].[K+]. The zero-order valence-corrected chi connectivity index (χ0v) is 73.3. The minimum absolute atomic E-state index is 0. The van der Waals surface area contributed by atoms with Gasteiger partial charge in [0.2, 0.25) is 30.5 Å². The topological polar surface area (TPSA) is 301 Å². The Morgan fingerprint density at radius 3 is 0.968 bits per heavy atom. The second-order valence-electron chi connectivity index (χ2n) is 25.2. The number of alkyl halides is 12. The van der Waals surface area contributed by atoms with E-state index < -0.39 is 148 Å². The van der Waals surface area contributed by atoms with E-state index in [0.717, 1.165) is 115 Å². The molecule has 12 rings (SSSR count). The second kappa shape index (κ2) is 41.9. The van der Waals surface area contributed by atoms with E-state index in [2.05, 4.69) is 11.8 Å². The molecular formula is C84H56F16K2O18S4. The van der Waals surface area contributed by atoms with Gasteiger partial charge < -0.3 is 48.5 Å². The molecular weight excluding hydrogens is 1810 g/mol. The Morgan fingerprint density at radius 2 is 0.629 bits per heavy atom. The summed E-state index contributed by atoms with van der Waals surface area (Å²) in [7, 11) is -16.5. The van der Waals surface area contributed by atoms with Gasteiger partial charge in [0.25, 0.3) is 0 Å². The van der Waals surface area contributed by atoms with Crippen molar-refractivity contribution in [2.24, 2.45) is 0 Å². The number of hydrogen-bond donors (Lipinski definition) is 4. The zero-order chi connectivity index (χ0) is 90.5. The van der Waals surface area contributed by atoms with Crippen molar-refractivity contribution in [3.63, 3.8) is 0 Å². The number of terminal acetylenes is 2. The van der Waals surface area contributed by atoms with Gasteiger partial charge in [0, 0.05) is 29.3 Å². The number of ether oxygens (including phenoxy) is 4. The van der Waals surface area contributed by atoms with Crippen molar-refractivity contribution in [1.29, 1.82) is 0 Å². The van der Waals surface area contributed by atoms with Crippen molar-refractivity contribution in [2.45, 2.75) is 71.8 Å². The summed E-state index contributed by atoms with van der Waals surface area (Å²) < 4.78 is 359. The maximum Gasteiger partial charge on any atom is 1.00 e. The van der Waals surface area contributed by atoms with Gasteiger partial charge in [0.15, 0.2) is 0 Å². The largest absolute Gasteiger partial charge is 1.00 e. The van der Waals surface area contributed by atoms with Crippen LogP contribution in [-0.4, -0.2) is 95.0 Å². The van der Waals surface area contributed by atoms with Crippen LogP contribution < -0.4 is 122 Å². The summed E-state index contributed by atoms with van der Waals surface area (Å²) in [4.78, 5) is -2.03. The van der Waals surface area contributed by atoms with Gasteiger partial charge in [-0.2, -0.15) is 52.7 Å². The van der Waals surface area contributed by atoms with Crippen molar-refractivity contribution in [1.82, 2.24) is 0 Å². The summed E-state index contributed by atoms with van der Waals surface area (Å²) in [6, 6.07) is 44.6. The summed E-state index contributed by atoms with van der Waals surface area (Å²) >= 11 is 0. The number of aromatic hydroxyl groups is 4. The molecule has 0 aliphatic heterocycles. The molecule has 18 nitrogen and oxygen atoms in total. The van der Waals surface area contributed by atoms with Gasteiger partial charge in [-0.3, -0.25) is 0 Å². The van der Waals surface area contributed by atoms with Gasteiger partial charge in [-0.05, 0) is 235 Å². The molecule has 0 atom stereocenters. The van der Waals surface area contributed by atoms with Gasteiger partial charge >= 0.3 is 127 Å². The molecule has 0 aromatic heterocycles. The summed E-state index contributed by atoms with van der Waals surface area (Å²) in [5, 5.41) is 35.9. The predicted octanol–water partition coefficient (Wildman–Crippen LogP) is 13.8. The molecule has 638 valence electrons. The first-order valence-corrected chi connectivity index (χ1v) is 39.5. The fourth-order valence-electron chi connectivity index (χ4n) is 11.3. The number of phenols is 4. The molecule has 0 aliphatic rings. The Kier molecular flexibility index (Phi) is 34.7. The Hall–Kier alpha value is -9.97. The van der Waals surface area contributed by atoms with E-state index in [1.54, 1.807) is 25.1 Å². The maximum atomic E-state index is 14.5. The van der Waals surface area contributed by atoms with Crippen LogP contribution in [0, 0.1) is 54.9 Å². The smallest absolute Gasteiger partial charge is 0.744 e. The molecule has 124 heavy (non-hydrogen) atoms. The Bertz CT molecular complexity index is 6140. The molecule has 0 spiro atoms. The van der Waals surface area contributed by atoms with Gasteiger partial charge in [0.05, 0.1) is 31.6 Å². The van der Waals surface area contributed by atoms with E-state index in [0.29, 0.717) is 65.9 Å². The fourth-order valence-corrected chi connectivity index (χ4v) is 15.1. The first kappa shape index (κ1) is 103. The second-order valence-corrected chi connectivity index (χ2v) is 31.7. The van der Waals surface area contributed by atoms with Crippen molar-refractivity contribution < 1.29 is 255 Å². The minimum atomic E-state index is -5.81. The number of hydrogen-bond acceptors (Lipinski definition) is 18. The monoisotopic (exact) mass is 1860 g/mol. The number of rotatable bonds is 17. The number of aryl methyl sites for hydroxylation is 1. The molecule has 4 N–H and O–H groups in total. The van der Waals surface area contributed by atoms with Crippen LogP contribution in [0.15, 0.2) is 296 Å². The van der Waals surface area contributed by atoms with Crippen LogP contribution in [0.4, 0.5) is 70.2 Å². The van der Waals surface area contributed by atoms with Crippen molar-refractivity contribution in [2.75, 3.05) is 7.11 Å². The molecule has 0 amide bonds. The summed E-state index contributed by atoms with van der Waals surface area (Å²) in [5.41, 5.74) is -11.5. The molecule has 0 unspecified atom stereocenters. The maximum absolute atomic E-state index is 14.5. The molecule has 0 heterocycles. The number of methoxy groups -OCH3 is 1. The Labute approximate surface area is 782 Å². The first-order valence-electron chi connectivity index (χ1n) is 33.7. The molecule has 0 bridgehead atoms. The molecule has 0 saturated carbocycles. The zero-order valence-electron chi connectivity index (χ0n) is 63.7. The van der Waals surface area contributed by atoms with E-state index in [4.69, 9.17) is 52.2 Å². The minimum Gasteiger partial charge on any atom is -0.744 e. The fraction of sp³-hybridized carbons (Fsp3) is 0.0952. The van der Waals surface area contributed by atoms with Crippen molar-refractivity contribution in [3.8, 4) is 87.9 Å². The van der Waals surface area contributed by atoms with Gasteiger partial charge in [-0.25, -0.2) is 51.2 Å². The van der Waals surface area contributed by atoms with Crippen LogP contribution in [0.3, 0.4) is 0 Å².